The number of benzene rings is 1. The molecule has 1 fully saturated rings. The van der Waals surface area contributed by atoms with Crippen molar-refractivity contribution in [2.45, 2.75) is 18.9 Å². The van der Waals surface area contributed by atoms with Gasteiger partial charge in [0.1, 0.15) is 6.04 Å². The van der Waals surface area contributed by atoms with Crippen LogP contribution in [0.1, 0.15) is 12.0 Å². The lowest BCUT2D eigenvalue weighted by Crippen LogP contribution is -2.59. The third kappa shape index (κ3) is 3.54. The Morgan fingerprint density at radius 1 is 1.20 bits per heavy atom. The van der Waals surface area contributed by atoms with Crippen LogP contribution in [0.15, 0.2) is 30.5 Å². The van der Waals surface area contributed by atoms with E-state index in [1.807, 2.05) is 26.2 Å². The molecule has 1 atom stereocenters. The van der Waals surface area contributed by atoms with Crippen molar-refractivity contribution in [2.75, 3.05) is 33.7 Å². The molecule has 134 valence electrons. The van der Waals surface area contributed by atoms with Gasteiger partial charge in [0.05, 0.1) is 0 Å². The van der Waals surface area contributed by atoms with Gasteiger partial charge in [0.2, 0.25) is 11.8 Å². The topological polar surface area (TPSA) is 57.6 Å². The maximum atomic E-state index is 12.8. The lowest BCUT2D eigenvalue weighted by Gasteiger charge is -2.39. The van der Waals surface area contributed by atoms with Gasteiger partial charge in [-0.15, -0.1) is 0 Å². The van der Waals surface area contributed by atoms with E-state index in [1.54, 1.807) is 11.9 Å². The number of aryl methyl sites for hydroxylation is 2. The minimum Gasteiger partial charge on any atom is -0.357 e. The fourth-order valence-electron chi connectivity index (χ4n) is 3.62. The SMILES string of the molecule is CNC(=O)C1CN(C)CCN1C(=O)CCc1cn(C)c2ccccc12. The minimum atomic E-state index is -0.399. The van der Waals surface area contributed by atoms with E-state index in [0.717, 1.165) is 6.54 Å². The van der Waals surface area contributed by atoms with E-state index in [9.17, 15) is 9.59 Å². The Kier molecular flexibility index (Phi) is 5.08. The van der Waals surface area contributed by atoms with E-state index in [4.69, 9.17) is 0 Å². The number of nitrogens with zero attached hydrogens (tertiary/aromatic N) is 3. The number of para-hydroxylation sites is 1. The summed E-state index contributed by atoms with van der Waals surface area (Å²) in [6.07, 6.45) is 3.20. The molecule has 2 aromatic rings. The zero-order chi connectivity index (χ0) is 18.0. The molecular formula is C19H26N4O2. The largest absolute Gasteiger partial charge is 0.357 e. The summed E-state index contributed by atoms with van der Waals surface area (Å²) in [6.45, 7) is 1.98. The lowest BCUT2D eigenvalue weighted by molar-refractivity contribution is -0.143. The number of carbonyl (C=O) groups excluding carboxylic acids is 2. The highest BCUT2D eigenvalue weighted by Gasteiger charge is 2.33. The number of nitrogens with one attached hydrogen (secondary N) is 1. The second-order valence-electron chi connectivity index (χ2n) is 6.76. The molecule has 1 aliphatic heterocycles. The number of likely N-dealkylation sites (N-methyl/N-ethyl adjacent to an activating group) is 2. The van der Waals surface area contributed by atoms with Crippen molar-refractivity contribution in [3.8, 4) is 0 Å². The molecule has 0 bridgehead atoms. The summed E-state index contributed by atoms with van der Waals surface area (Å²) in [6, 6.07) is 7.83. The first kappa shape index (κ1) is 17.5. The standard InChI is InChI=1S/C19H26N4O2/c1-20-19(25)17-13-21(2)10-11-23(17)18(24)9-8-14-12-22(3)16-7-5-4-6-15(14)16/h4-7,12,17H,8-11,13H2,1-3H3,(H,20,25). The van der Waals surface area contributed by atoms with Gasteiger partial charge < -0.3 is 19.7 Å². The van der Waals surface area contributed by atoms with Crippen molar-refractivity contribution in [1.29, 1.82) is 0 Å². The number of amides is 2. The molecule has 0 spiro atoms. The van der Waals surface area contributed by atoms with Crippen LogP contribution < -0.4 is 5.32 Å². The zero-order valence-electron chi connectivity index (χ0n) is 15.2. The van der Waals surface area contributed by atoms with Gasteiger partial charge in [0.15, 0.2) is 0 Å². The highest BCUT2D eigenvalue weighted by molar-refractivity contribution is 5.89. The Hall–Kier alpha value is -2.34. The molecule has 1 aromatic heterocycles. The Bertz CT molecular complexity index is 783. The van der Waals surface area contributed by atoms with E-state index in [1.165, 1.54) is 16.5 Å². The first-order valence-corrected chi connectivity index (χ1v) is 8.74. The molecule has 2 heterocycles. The van der Waals surface area contributed by atoms with Gasteiger partial charge in [-0.3, -0.25) is 9.59 Å². The summed E-state index contributed by atoms with van der Waals surface area (Å²) in [4.78, 5) is 28.7. The van der Waals surface area contributed by atoms with Crippen LogP contribution in [0.3, 0.4) is 0 Å². The molecule has 0 saturated carbocycles. The predicted molar refractivity (Wildman–Crippen MR) is 98.3 cm³/mol. The van der Waals surface area contributed by atoms with Crippen LogP contribution in [0.5, 0.6) is 0 Å². The molecular weight excluding hydrogens is 316 g/mol. The average Bonchev–Trinajstić information content (AvgIpc) is 2.95. The first-order valence-electron chi connectivity index (χ1n) is 8.74. The fraction of sp³-hybridized carbons (Fsp3) is 0.474. The summed E-state index contributed by atoms with van der Waals surface area (Å²) in [5, 5.41) is 3.87. The second kappa shape index (κ2) is 7.27. The normalized spacial score (nSPS) is 18.5. The van der Waals surface area contributed by atoms with Gasteiger partial charge in [0, 0.05) is 57.3 Å². The molecule has 25 heavy (non-hydrogen) atoms. The molecule has 0 radical (unpaired) electrons. The molecule has 1 saturated heterocycles. The van der Waals surface area contributed by atoms with E-state index < -0.39 is 6.04 Å². The molecule has 1 unspecified atom stereocenters. The van der Waals surface area contributed by atoms with Gasteiger partial charge in [-0.25, -0.2) is 0 Å². The Labute approximate surface area is 148 Å². The predicted octanol–water partition coefficient (Wildman–Crippen LogP) is 1.000. The fourth-order valence-corrected chi connectivity index (χ4v) is 3.62. The number of fused-ring (bicyclic) bond motifs is 1. The van der Waals surface area contributed by atoms with Gasteiger partial charge in [-0.05, 0) is 25.1 Å². The van der Waals surface area contributed by atoms with Crippen LogP contribution in [-0.4, -0.2) is 66.0 Å². The Morgan fingerprint density at radius 2 is 1.96 bits per heavy atom. The third-order valence-electron chi connectivity index (χ3n) is 5.04. The van der Waals surface area contributed by atoms with E-state index in [-0.39, 0.29) is 11.8 Å². The molecule has 0 aliphatic carbocycles. The monoisotopic (exact) mass is 342 g/mol. The van der Waals surface area contributed by atoms with Gasteiger partial charge in [0.25, 0.3) is 0 Å². The number of hydrogen-bond donors (Lipinski definition) is 1. The van der Waals surface area contributed by atoms with E-state index >= 15 is 0 Å². The van der Waals surface area contributed by atoms with E-state index in [2.05, 4.69) is 33.1 Å². The molecule has 1 N–H and O–H groups in total. The summed E-state index contributed by atoms with van der Waals surface area (Å²) in [5.41, 5.74) is 2.35. The smallest absolute Gasteiger partial charge is 0.243 e. The van der Waals surface area contributed by atoms with Crippen molar-refractivity contribution >= 4 is 22.7 Å². The first-order chi connectivity index (χ1) is 12.0. The van der Waals surface area contributed by atoms with Crippen LogP contribution in [0.4, 0.5) is 0 Å². The average molecular weight is 342 g/mol. The maximum absolute atomic E-state index is 12.8. The molecule has 2 amide bonds. The van der Waals surface area contributed by atoms with Crippen LogP contribution >= 0.6 is 0 Å². The molecule has 1 aliphatic rings. The quantitative estimate of drug-likeness (QED) is 0.902. The highest BCUT2D eigenvalue weighted by atomic mass is 16.2. The van der Waals surface area contributed by atoms with Crippen molar-refractivity contribution in [2.24, 2.45) is 7.05 Å². The lowest BCUT2D eigenvalue weighted by atomic mass is 10.1. The van der Waals surface area contributed by atoms with E-state index in [0.29, 0.717) is 25.9 Å². The van der Waals surface area contributed by atoms with Crippen LogP contribution in [-0.2, 0) is 23.1 Å². The van der Waals surface area contributed by atoms with Crippen molar-refractivity contribution < 1.29 is 9.59 Å². The second-order valence-corrected chi connectivity index (χ2v) is 6.76. The molecule has 1 aromatic carbocycles. The van der Waals surface area contributed by atoms with Crippen LogP contribution in [0.25, 0.3) is 10.9 Å². The van der Waals surface area contributed by atoms with Crippen molar-refractivity contribution in [3.05, 3.63) is 36.0 Å². The molecule has 6 heteroatoms. The maximum Gasteiger partial charge on any atom is 0.243 e. The summed E-state index contributed by atoms with van der Waals surface area (Å²) in [5.74, 6) is -0.0419. The molecule has 3 rings (SSSR count). The van der Waals surface area contributed by atoms with Gasteiger partial charge in [-0.2, -0.15) is 0 Å². The highest BCUT2D eigenvalue weighted by Crippen LogP contribution is 2.22. The minimum absolute atomic E-state index is 0.0506. The number of hydrogen-bond acceptors (Lipinski definition) is 3. The summed E-state index contributed by atoms with van der Waals surface area (Å²) < 4.78 is 2.10. The van der Waals surface area contributed by atoms with Gasteiger partial charge >= 0.3 is 0 Å². The zero-order valence-corrected chi connectivity index (χ0v) is 15.2. The third-order valence-corrected chi connectivity index (χ3v) is 5.04. The van der Waals surface area contributed by atoms with Crippen molar-refractivity contribution in [1.82, 2.24) is 19.7 Å². The van der Waals surface area contributed by atoms with Crippen LogP contribution in [0.2, 0.25) is 0 Å². The van der Waals surface area contributed by atoms with Gasteiger partial charge in [-0.1, -0.05) is 18.2 Å². The number of rotatable bonds is 4. The van der Waals surface area contributed by atoms with Crippen molar-refractivity contribution in [3.63, 3.8) is 0 Å². The number of piperazine rings is 1. The summed E-state index contributed by atoms with van der Waals surface area (Å²) >= 11 is 0. The summed E-state index contributed by atoms with van der Waals surface area (Å²) in [7, 11) is 5.62. The Balaban J connectivity index is 1.71. The Morgan fingerprint density at radius 3 is 2.72 bits per heavy atom. The number of aromatic nitrogens is 1. The molecule has 6 nitrogen and oxygen atoms in total. The van der Waals surface area contributed by atoms with Crippen LogP contribution in [0, 0.1) is 0 Å². The number of carbonyl (C=O) groups is 2.